The van der Waals surface area contributed by atoms with Crippen LogP contribution in [0, 0.1) is 5.92 Å². The maximum absolute atomic E-state index is 12.5. The van der Waals surface area contributed by atoms with Crippen LogP contribution < -0.4 is 5.32 Å². The lowest BCUT2D eigenvalue weighted by Crippen LogP contribution is -2.28. The van der Waals surface area contributed by atoms with E-state index in [9.17, 15) is 8.42 Å². The first kappa shape index (κ1) is 14.5. The van der Waals surface area contributed by atoms with Crippen molar-refractivity contribution in [2.75, 3.05) is 13.6 Å². The molecule has 1 heterocycles. The van der Waals surface area contributed by atoms with E-state index in [4.69, 9.17) is 0 Å². The van der Waals surface area contributed by atoms with Crippen molar-refractivity contribution in [2.45, 2.75) is 38.3 Å². The largest absolute Gasteiger partial charge is 0.309 e. The predicted octanol–water partition coefficient (Wildman–Crippen LogP) is 1.96. The highest BCUT2D eigenvalue weighted by molar-refractivity contribution is 7.89. The van der Waals surface area contributed by atoms with Crippen LogP contribution in [0.4, 0.5) is 0 Å². The van der Waals surface area contributed by atoms with Crippen molar-refractivity contribution < 1.29 is 8.42 Å². The average Bonchev–Trinajstić information content (AvgIpc) is 2.82. The van der Waals surface area contributed by atoms with Crippen molar-refractivity contribution in [2.24, 2.45) is 5.92 Å². The topological polar surface area (TPSA) is 49.4 Å². The molecular weight excluding hydrogens is 260 g/mol. The first-order valence-corrected chi connectivity index (χ1v) is 8.14. The molecule has 1 aromatic rings. The van der Waals surface area contributed by atoms with E-state index in [0.29, 0.717) is 17.4 Å². The third kappa shape index (κ3) is 3.16. The van der Waals surface area contributed by atoms with Crippen molar-refractivity contribution in [3.05, 3.63) is 29.3 Å². The van der Waals surface area contributed by atoms with Crippen molar-refractivity contribution >= 4 is 10.0 Å². The van der Waals surface area contributed by atoms with Gasteiger partial charge in [-0.3, -0.25) is 0 Å². The molecule has 0 aliphatic carbocycles. The molecule has 0 bridgehead atoms. The first-order valence-electron chi connectivity index (χ1n) is 6.70. The van der Waals surface area contributed by atoms with Gasteiger partial charge in [0.2, 0.25) is 10.0 Å². The summed E-state index contributed by atoms with van der Waals surface area (Å²) >= 11 is 0. The van der Waals surface area contributed by atoms with Gasteiger partial charge in [0.15, 0.2) is 0 Å². The van der Waals surface area contributed by atoms with E-state index < -0.39 is 10.0 Å². The van der Waals surface area contributed by atoms with Crippen LogP contribution in [0.1, 0.15) is 31.4 Å². The summed E-state index contributed by atoms with van der Waals surface area (Å²) in [6, 6.07) is 5.43. The lowest BCUT2D eigenvalue weighted by molar-refractivity contribution is 0.428. The zero-order valence-corrected chi connectivity index (χ0v) is 12.6. The maximum atomic E-state index is 12.5. The van der Waals surface area contributed by atoms with Crippen LogP contribution in [0.15, 0.2) is 23.1 Å². The summed E-state index contributed by atoms with van der Waals surface area (Å²) < 4.78 is 26.4. The Morgan fingerprint density at radius 2 is 1.95 bits per heavy atom. The highest BCUT2D eigenvalue weighted by Gasteiger charge is 2.22. The van der Waals surface area contributed by atoms with Gasteiger partial charge >= 0.3 is 0 Å². The molecule has 1 aliphatic rings. The van der Waals surface area contributed by atoms with E-state index in [1.165, 1.54) is 9.87 Å². The molecule has 0 amide bonds. The van der Waals surface area contributed by atoms with Crippen LogP contribution >= 0.6 is 0 Å². The predicted molar refractivity (Wildman–Crippen MR) is 76.3 cm³/mol. The second-order valence-electron chi connectivity index (χ2n) is 5.54. The molecule has 2 rings (SSSR count). The van der Waals surface area contributed by atoms with Crippen LogP contribution in [0.3, 0.4) is 0 Å². The fraction of sp³-hybridized carbons (Fsp3) is 0.571. The summed E-state index contributed by atoms with van der Waals surface area (Å²) in [5.41, 5.74) is 2.29. The Kier molecular flexibility index (Phi) is 4.28. The second-order valence-corrected chi connectivity index (χ2v) is 7.59. The van der Waals surface area contributed by atoms with Crippen molar-refractivity contribution in [1.82, 2.24) is 9.62 Å². The third-order valence-corrected chi connectivity index (χ3v) is 5.39. The van der Waals surface area contributed by atoms with E-state index in [-0.39, 0.29) is 0 Å². The van der Waals surface area contributed by atoms with Gasteiger partial charge in [0.25, 0.3) is 0 Å². The molecule has 106 valence electrons. The third-order valence-electron chi connectivity index (χ3n) is 3.54. The minimum absolute atomic E-state index is 0.404. The number of rotatable bonds is 5. The molecule has 0 saturated carbocycles. The number of hydrogen-bond donors (Lipinski definition) is 1. The second kappa shape index (κ2) is 5.61. The van der Waals surface area contributed by atoms with Crippen LogP contribution in [0.5, 0.6) is 0 Å². The fourth-order valence-electron chi connectivity index (χ4n) is 2.17. The number of fused-ring (bicyclic) bond motifs is 1. The zero-order chi connectivity index (χ0) is 14.0. The van der Waals surface area contributed by atoms with Gasteiger partial charge in [-0.1, -0.05) is 19.9 Å². The van der Waals surface area contributed by atoms with Crippen molar-refractivity contribution in [3.63, 3.8) is 0 Å². The molecule has 4 nitrogen and oxygen atoms in total. The van der Waals surface area contributed by atoms with Gasteiger partial charge < -0.3 is 5.32 Å². The Morgan fingerprint density at radius 1 is 1.26 bits per heavy atom. The highest BCUT2D eigenvalue weighted by Crippen LogP contribution is 2.22. The molecule has 19 heavy (non-hydrogen) atoms. The van der Waals surface area contributed by atoms with E-state index in [1.54, 1.807) is 19.2 Å². The van der Waals surface area contributed by atoms with Crippen LogP contribution in [-0.4, -0.2) is 26.3 Å². The molecule has 0 saturated heterocycles. The molecule has 0 atom stereocenters. The van der Waals surface area contributed by atoms with Crippen molar-refractivity contribution in [3.8, 4) is 0 Å². The molecule has 0 aromatic heterocycles. The van der Waals surface area contributed by atoms with Crippen LogP contribution in [0.2, 0.25) is 0 Å². The zero-order valence-electron chi connectivity index (χ0n) is 11.8. The number of benzene rings is 1. The van der Waals surface area contributed by atoms with Gasteiger partial charge in [-0.15, -0.1) is 0 Å². The van der Waals surface area contributed by atoms with Gasteiger partial charge in [0.05, 0.1) is 4.90 Å². The molecule has 1 aromatic carbocycles. The van der Waals surface area contributed by atoms with E-state index in [2.05, 4.69) is 19.2 Å². The van der Waals surface area contributed by atoms with Gasteiger partial charge in [0.1, 0.15) is 0 Å². The Hall–Kier alpha value is -0.910. The van der Waals surface area contributed by atoms with E-state index in [1.807, 2.05) is 6.07 Å². The summed E-state index contributed by atoms with van der Waals surface area (Å²) in [7, 11) is -1.69. The number of sulfonamides is 1. The Balaban J connectivity index is 2.19. The number of hydrogen-bond acceptors (Lipinski definition) is 3. The Labute approximate surface area is 115 Å². The monoisotopic (exact) mass is 282 g/mol. The van der Waals surface area contributed by atoms with E-state index >= 15 is 0 Å². The fourth-order valence-corrected chi connectivity index (χ4v) is 3.41. The number of nitrogens with zero attached hydrogens (tertiary/aromatic N) is 1. The molecule has 0 fully saturated rings. The van der Waals surface area contributed by atoms with E-state index in [0.717, 1.165) is 25.1 Å². The number of nitrogens with one attached hydrogen (secondary N) is 1. The standard InChI is InChI=1S/C14H22N2O2S/c1-11(2)6-7-16(3)19(17,18)14-5-4-12-9-15-10-13(12)8-14/h4-5,8,11,15H,6-7,9-10H2,1-3H3. The van der Waals surface area contributed by atoms with Gasteiger partial charge in [0, 0.05) is 26.7 Å². The van der Waals surface area contributed by atoms with Gasteiger partial charge in [-0.25, -0.2) is 12.7 Å². The van der Waals surface area contributed by atoms with Crippen molar-refractivity contribution in [1.29, 1.82) is 0 Å². The SMILES string of the molecule is CC(C)CCN(C)S(=O)(=O)c1ccc2c(c1)CNC2. The highest BCUT2D eigenvalue weighted by atomic mass is 32.2. The molecule has 0 unspecified atom stereocenters. The summed E-state index contributed by atoms with van der Waals surface area (Å²) in [5.74, 6) is 0.502. The van der Waals surface area contributed by atoms with Crippen LogP contribution in [0.25, 0.3) is 0 Å². The molecule has 1 N–H and O–H groups in total. The quantitative estimate of drug-likeness (QED) is 0.898. The molecule has 0 radical (unpaired) electrons. The van der Waals surface area contributed by atoms with Gasteiger partial charge in [-0.2, -0.15) is 0 Å². The molecule has 1 aliphatic heterocycles. The normalized spacial score (nSPS) is 15.2. The molecule has 0 spiro atoms. The summed E-state index contributed by atoms with van der Waals surface area (Å²) in [4.78, 5) is 0.404. The average molecular weight is 282 g/mol. The Bertz CT molecular complexity index is 553. The summed E-state index contributed by atoms with van der Waals surface area (Å²) in [5, 5.41) is 3.23. The minimum Gasteiger partial charge on any atom is -0.309 e. The maximum Gasteiger partial charge on any atom is 0.242 e. The lowest BCUT2D eigenvalue weighted by atomic mass is 10.1. The minimum atomic E-state index is -3.35. The van der Waals surface area contributed by atoms with Crippen LogP contribution in [-0.2, 0) is 23.1 Å². The summed E-state index contributed by atoms with van der Waals surface area (Å²) in [6.07, 6.45) is 0.877. The molecular formula is C14H22N2O2S. The first-order chi connectivity index (χ1) is 8.91. The summed E-state index contributed by atoms with van der Waals surface area (Å²) in [6.45, 7) is 6.35. The lowest BCUT2D eigenvalue weighted by Gasteiger charge is -2.18. The Morgan fingerprint density at radius 3 is 2.63 bits per heavy atom. The molecule has 5 heteroatoms. The van der Waals surface area contributed by atoms with Gasteiger partial charge in [-0.05, 0) is 35.6 Å². The smallest absolute Gasteiger partial charge is 0.242 e.